The van der Waals surface area contributed by atoms with Gasteiger partial charge in [0, 0.05) is 24.0 Å². The van der Waals surface area contributed by atoms with Crippen LogP contribution in [0.5, 0.6) is 0 Å². The van der Waals surface area contributed by atoms with Crippen LogP contribution in [0.4, 0.5) is 11.5 Å². The van der Waals surface area contributed by atoms with E-state index in [1.165, 1.54) is 0 Å². The third-order valence-corrected chi connectivity index (χ3v) is 1.87. The van der Waals surface area contributed by atoms with Crippen molar-refractivity contribution < 1.29 is 5.11 Å². The Morgan fingerprint density at radius 2 is 2.46 bits per heavy atom. The maximum Gasteiger partial charge on any atom is 0.125 e. The van der Waals surface area contributed by atoms with E-state index >= 15 is 0 Å². The predicted molar refractivity (Wildman–Crippen MR) is 53.4 cm³/mol. The van der Waals surface area contributed by atoms with Gasteiger partial charge in [-0.2, -0.15) is 0 Å². The van der Waals surface area contributed by atoms with E-state index in [4.69, 9.17) is 10.8 Å². The second kappa shape index (κ2) is 4.67. The van der Waals surface area contributed by atoms with Gasteiger partial charge >= 0.3 is 0 Å². The molecule has 0 spiro atoms. The number of hydrogen-bond donors (Lipinski definition) is 3. The van der Waals surface area contributed by atoms with E-state index in [-0.39, 0.29) is 12.6 Å². The van der Waals surface area contributed by atoms with Gasteiger partial charge in [0.1, 0.15) is 5.82 Å². The number of aliphatic hydroxyl groups is 1. The first kappa shape index (κ1) is 9.80. The molecule has 0 aliphatic rings. The highest BCUT2D eigenvalue weighted by atomic mass is 16.3. The summed E-state index contributed by atoms with van der Waals surface area (Å²) in [6, 6.07) is 3.66. The lowest BCUT2D eigenvalue weighted by Crippen LogP contribution is -2.22. The van der Waals surface area contributed by atoms with E-state index in [2.05, 4.69) is 10.3 Å². The summed E-state index contributed by atoms with van der Waals surface area (Å²) < 4.78 is 0. The molecule has 1 atom stereocenters. The van der Waals surface area contributed by atoms with Crippen LogP contribution in [0.15, 0.2) is 18.3 Å². The third-order valence-electron chi connectivity index (χ3n) is 1.87. The van der Waals surface area contributed by atoms with Gasteiger partial charge in [-0.3, -0.25) is 0 Å². The quantitative estimate of drug-likeness (QED) is 0.644. The van der Waals surface area contributed by atoms with Crippen LogP contribution in [0.1, 0.15) is 13.3 Å². The van der Waals surface area contributed by atoms with Crippen LogP contribution < -0.4 is 11.1 Å². The van der Waals surface area contributed by atoms with Crippen molar-refractivity contribution in [1.29, 1.82) is 0 Å². The highest BCUT2D eigenvalue weighted by Gasteiger charge is 2.03. The molecule has 1 rings (SSSR count). The molecule has 0 amide bonds. The van der Waals surface area contributed by atoms with Crippen LogP contribution in [0, 0.1) is 0 Å². The third kappa shape index (κ3) is 2.91. The molecule has 1 heterocycles. The van der Waals surface area contributed by atoms with E-state index in [1.807, 2.05) is 13.0 Å². The average Bonchev–Trinajstić information content (AvgIpc) is 2.14. The molecule has 4 nitrogen and oxygen atoms in total. The number of anilines is 2. The van der Waals surface area contributed by atoms with Crippen LogP contribution in [-0.2, 0) is 0 Å². The highest BCUT2D eigenvalue weighted by molar-refractivity contribution is 5.50. The van der Waals surface area contributed by atoms with Gasteiger partial charge in [-0.1, -0.05) is 6.92 Å². The molecule has 13 heavy (non-hydrogen) atoms. The Bertz CT molecular complexity index is 261. The molecule has 0 aliphatic carbocycles. The van der Waals surface area contributed by atoms with Gasteiger partial charge < -0.3 is 16.2 Å². The first-order chi connectivity index (χ1) is 6.26. The first-order valence-corrected chi connectivity index (χ1v) is 4.35. The van der Waals surface area contributed by atoms with Crippen LogP contribution in [-0.4, -0.2) is 22.7 Å². The summed E-state index contributed by atoms with van der Waals surface area (Å²) in [6.07, 6.45) is 2.51. The fourth-order valence-corrected chi connectivity index (χ4v) is 1.05. The summed E-state index contributed by atoms with van der Waals surface area (Å²) in [4.78, 5) is 3.87. The van der Waals surface area contributed by atoms with Crippen molar-refractivity contribution in [1.82, 2.24) is 4.98 Å². The summed E-state index contributed by atoms with van der Waals surface area (Å²) >= 11 is 0. The Morgan fingerprint density at radius 3 is 3.00 bits per heavy atom. The monoisotopic (exact) mass is 181 g/mol. The number of aliphatic hydroxyl groups excluding tert-OH is 1. The highest BCUT2D eigenvalue weighted by Crippen LogP contribution is 2.11. The first-order valence-electron chi connectivity index (χ1n) is 4.35. The van der Waals surface area contributed by atoms with Gasteiger partial charge in [-0.25, -0.2) is 4.98 Å². The molecule has 1 aromatic rings. The lowest BCUT2D eigenvalue weighted by Gasteiger charge is -2.15. The minimum atomic E-state index is 0.0850. The number of hydrogen-bond acceptors (Lipinski definition) is 4. The molecule has 72 valence electrons. The number of pyridine rings is 1. The van der Waals surface area contributed by atoms with Crippen molar-refractivity contribution in [3.8, 4) is 0 Å². The van der Waals surface area contributed by atoms with E-state index in [9.17, 15) is 0 Å². The lowest BCUT2D eigenvalue weighted by molar-refractivity contribution is 0.272. The molecule has 0 aromatic carbocycles. The summed E-state index contributed by atoms with van der Waals surface area (Å²) in [5, 5.41) is 12.1. The Hall–Kier alpha value is -1.29. The van der Waals surface area contributed by atoms with Crippen LogP contribution >= 0.6 is 0 Å². The molecule has 0 bridgehead atoms. The van der Waals surface area contributed by atoms with Crippen molar-refractivity contribution >= 4 is 11.5 Å². The molecule has 0 aliphatic heterocycles. The van der Waals surface area contributed by atoms with Crippen LogP contribution in [0.2, 0.25) is 0 Å². The number of nitrogens with zero attached hydrogens (tertiary/aromatic N) is 1. The van der Waals surface area contributed by atoms with Crippen LogP contribution in [0.3, 0.4) is 0 Å². The Balaban J connectivity index is 2.62. The molecular formula is C9H15N3O. The van der Waals surface area contributed by atoms with E-state index in [0.29, 0.717) is 5.82 Å². The second-order valence-corrected chi connectivity index (χ2v) is 2.90. The summed E-state index contributed by atoms with van der Waals surface area (Å²) in [5.41, 5.74) is 6.40. The number of nitrogens with one attached hydrogen (secondary N) is 1. The Labute approximate surface area is 77.8 Å². The van der Waals surface area contributed by atoms with Gasteiger partial charge in [0.05, 0.1) is 6.61 Å². The van der Waals surface area contributed by atoms with Gasteiger partial charge in [-0.15, -0.1) is 0 Å². The van der Waals surface area contributed by atoms with Gasteiger partial charge in [0.15, 0.2) is 0 Å². The number of nitrogens with two attached hydrogens (primary N) is 1. The van der Waals surface area contributed by atoms with Crippen molar-refractivity contribution in [3.63, 3.8) is 0 Å². The molecule has 0 saturated heterocycles. The average molecular weight is 181 g/mol. The largest absolute Gasteiger partial charge is 0.394 e. The Kier molecular flexibility index (Phi) is 3.52. The van der Waals surface area contributed by atoms with Crippen molar-refractivity contribution in [2.75, 3.05) is 17.7 Å². The molecular weight excluding hydrogens is 166 g/mol. The summed E-state index contributed by atoms with van der Waals surface area (Å²) in [5.74, 6) is 0.484. The molecule has 0 saturated carbocycles. The normalized spacial score (nSPS) is 12.5. The SMILES string of the molecule is CCC(CO)Nc1ccnc(N)c1. The number of aromatic nitrogens is 1. The molecule has 4 heteroatoms. The lowest BCUT2D eigenvalue weighted by atomic mass is 10.2. The number of rotatable bonds is 4. The predicted octanol–water partition coefficient (Wildman–Crippen LogP) is 0.847. The summed E-state index contributed by atoms with van der Waals surface area (Å²) in [6.45, 7) is 2.14. The molecule has 0 radical (unpaired) electrons. The van der Waals surface area contributed by atoms with Gasteiger partial charge in [-0.05, 0) is 12.5 Å². The molecule has 1 unspecified atom stereocenters. The zero-order valence-corrected chi connectivity index (χ0v) is 7.70. The Morgan fingerprint density at radius 1 is 1.69 bits per heavy atom. The van der Waals surface area contributed by atoms with E-state index in [1.54, 1.807) is 12.3 Å². The summed E-state index contributed by atoms with van der Waals surface area (Å²) in [7, 11) is 0. The molecule has 0 fully saturated rings. The van der Waals surface area contributed by atoms with Gasteiger partial charge in [0.2, 0.25) is 0 Å². The second-order valence-electron chi connectivity index (χ2n) is 2.90. The van der Waals surface area contributed by atoms with Gasteiger partial charge in [0.25, 0.3) is 0 Å². The molecule has 4 N–H and O–H groups in total. The maximum absolute atomic E-state index is 8.95. The van der Waals surface area contributed by atoms with Crippen molar-refractivity contribution in [2.24, 2.45) is 0 Å². The van der Waals surface area contributed by atoms with Crippen molar-refractivity contribution in [2.45, 2.75) is 19.4 Å². The fourth-order valence-electron chi connectivity index (χ4n) is 1.05. The van der Waals surface area contributed by atoms with Crippen LogP contribution in [0.25, 0.3) is 0 Å². The zero-order valence-electron chi connectivity index (χ0n) is 7.70. The minimum absolute atomic E-state index is 0.0850. The van der Waals surface area contributed by atoms with E-state index < -0.39 is 0 Å². The zero-order chi connectivity index (χ0) is 9.68. The van der Waals surface area contributed by atoms with Crippen molar-refractivity contribution in [3.05, 3.63) is 18.3 Å². The topological polar surface area (TPSA) is 71.2 Å². The maximum atomic E-state index is 8.95. The fraction of sp³-hybridized carbons (Fsp3) is 0.444. The van der Waals surface area contributed by atoms with E-state index in [0.717, 1.165) is 12.1 Å². The molecule has 1 aromatic heterocycles. The standard InChI is InChI=1S/C9H15N3O/c1-2-7(6-13)12-8-3-4-11-9(10)5-8/h3-5,7,13H,2,6H2,1H3,(H3,10,11,12). The number of nitrogen functional groups attached to an aromatic ring is 1. The minimum Gasteiger partial charge on any atom is -0.394 e. The smallest absolute Gasteiger partial charge is 0.125 e.